The van der Waals surface area contributed by atoms with Crippen LogP contribution in [0, 0.1) is 6.92 Å². The zero-order valence-electron chi connectivity index (χ0n) is 10.3. The average Bonchev–Trinajstić information content (AvgIpc) is 2.88. The van der Waals surface area contributed by atoms with E-state index in [1.807, 2.05) is 27.0 Å². The van der Waals surface area contributed by atoms with Crippen molar-refractivity contribution in [3.8, 4) is 0 Å². The van der Waals surface area contributed by atoms with Crippen molar-refractivity contribution in [2.45, 2.75) is 33.4 Å². The van der Waals surface area contributed by atoms with Gasteiger partial charge >= 0.3 is 0 Å². The van der Waals surface area contributed by atoms with Crippen molar-refractivity contribution < 1.29 is 9.05 Å². The Morgan fingerprint density at radius 2 is 2.06 bits per heavy atom. The van der Waals surface area contributed by atoms with Crippen molar-refractivity contribution in [1.82, 2.24) is 20.2 Å². The highest BCUT2D eigenvalue weighted by molar-refractivity contribution is 5.03. The molecule has 2 aromatic rings. The Labute approximate surface area is 99.6 Å². The Bertz CT molecular complexity index is 477. The smallest absolute Gasteiger partial charge is 0.226 e. The molecule has 0 unspecified atom stereocenters. The monoisotopic (exact) mass is 236 g/mol. The van der Waals surface area contributed by atoms with Crippen molar-refractivity contribution in [1.29, 1.82) is 0 Å². The fourth-order valence-corrected chi connectivity index (χ4v) is 1.56. The summed E-state index contributed by atoms with van der Waals surface area (Å²) in [6.45, 7) is 5.20. The van der Waals surface area contributed by atoms with Gasteiger partial charge in [0.25, 0.3) is 0 Å². The van der Waals surface area contributed by atoms with Crippen molar-refractivity contribution in [3.63, 3.8) is 0 Å². The first-order valence-electron chi connectivity index (χ1n) is 5.59. The van der Waals surface area contributed by atoms with Gasteiger partial charge in [0, 0.05) is 19.0 Å². The van der Waals surface area contributed by atoms with E-state index in [0.717, 1.165) is 17.9 Å². The minimum absolute atomic E-state index is 0.634. The fraction of sp³-hybridized carbons (Fsp3) is 0.545. The van der Waals surface area contributed by atoms with Crippen LogP contribution < -0.4 is 0 Å². The second-order valence-corrected chi connectivity index (χ2v) is 4.06. The van der Waals surface area contributed by atoms with E-state index in [9.17, 15) is 0 Å². The summed E-state index contributed by atoms with van der Waals surface area (Å²) in [6.07, 6.45) is 0.763. The predicted octanol–water partition coefficient (Wildman–Crippen LogP) is 1.56. The Kier molecular flexibility index (Phi) is 3.53. The van der Waals surface area contributed by atoms with Crippen LogP contribution in [0.25, 0.3) is 0 Å². The van der Waals surface area contributed by atoms with Gasteiger partial charge in [-0.1, -0.05) is 17.2 Å². The molecule has 6 heteroatoms. The highest BCUT2D eigenvalue weighted by atomic mass is 16.5. The zero-order valence-corrected chi connectivity index (χ0v) is 10.3. The molecule has 0 bridgehead atoms. The standard InChI is InChI=1S/C11H16N4O2/c1-4-11-12-10(14-17-11)7-15(3)6-9-5-8(2)16-13-9/h5H,4,6-7H2,1-3H3. The summed E-state index contributed by atoms with van der Waals surface area (Å²) in [5, 5.41) is 7.84. The van der Waals surface area contributed by atoms with E-state index < -0.39 is 0 Å². The molecule has 0 saturated heterocycles. The molecule has 0 saturated carbocycles. The highest BCUT2D eigenvalue weighted by Gasteiger charge is 2.09. The van der Waals surface area contributed by atoms with Gasteiger partial charge in [-0.2, -0.15) is 4.98 Å². The van der Waals surface area contributed by atoms with E-state index in [4.69, 9.17) is 9.05 Å². The molecular formula is C11H16N4O2. The molecule has 0 atom stereocenters. The minimum atomic E-state index is 0.634. The molecule has 2 aromatic heterocycles. The lowest BCUT2D eigenvalue weighted by atomic mass is 10.3. The third kappa shape index (κ3) is 3.13. The summed E-state index contributed by atoms with van der Waals surface area (Å²) >= 11 is 0. The molecule has 0 aromatic carbocycles. The summed E-state index contributed by atoms with van der Waals surface area (Å²) in [6, 6.07) is 1.92. The molecule has 0 aliphatic rings. The quantitative estimate of drug-likeness (QED) is 0.784. The molecule has 0 N–H and O–H groups in total. The van der Waals surface area contributed by atoms with Gasteiger partial charge in [-0.05, 0) is 14.0 Å². The maximum atomic E-state index is 5.05. The van der Waals surface area contributed by atoms with Crippen molar-refractivity contribution in [2.75, 3.05) is 7.05 Å². The van der Waals surface area contributed by atoms with Gasteiger partial charge in [0.05, 0.1) is 12.2 Å². The van der Waals surface area contributed by atoms with Gasteiger partial charge in [0.2, 0.25) is 5.89 Å². The summed E-state index contributed by atoms with van der Waals surface area (Å²) in [4.78, 5) is 6.31. The van der Waals surface area contributed by atoms with Gasteiger partial charge in [-0.25, -0.2) is 0 Å². The van der Waals surface area contributed by atoms with Gasteiger partial charge < -0.3 is 9.05 Å². The Morgan fingerprint density at radius 1 is 1.24 bits per heavy atom. The van der Waals surface area contributed by atoms with Gasteiger partial charge in [0.1, 0.15) is 5.76 Å². The van der Waals surface area contributed by atoms with Gasteiger partial charge in [-0.15, -0.1) is 0 Å². The molecule has 92 valence electrons. The van der Waals surface area contributed by atoms with Crippen LogP contribution in [0.5, 0.6) is 0 Å². The molecule has 0 amide bonds. The normalized spacial score (nSPS) is 11.3. The first kappa shape index (κ1) is 11.8. The summed E-state index contributed by atoms with van der Waals surface area (Å²) in [5.74, 6) is 2.19. The van der Waals surface area contributed by atoms with Crippen molar-refractivity contribution in [3.05, 3.63) is 29.2 Å². The molecule has 2 rings (SSSR count). The van der Waals surface area contributed by atoms with Crippen LogP contribution in [-0.2, 0) is 19.5 Å². The molecule has 6 nitrogen and oxygen atoms in total. The van der Waals surface area contributed by atoms with Gasteiger partial charge in [0.15, 0.2) is 5.82 Å². The van der Waals surface area contributed by atoms with Crippen molar-refractivity contribution in [2.24, 2.45) is 0 Å². The lowest BCUT2D eigenvalue weighted by Crippen LogP contribution is -2.18. The third-order valence-corrected chi connectivity index (χ3v) is 2.33. The lowest BCUT2D eigenvalue weighted by Gasteiger charge is -2.11. The molecule has 2 heterocycles. The van der Waals surface area contributed by atoms with E-state index in [0.29, 0.717) is 24.8 Å². The van der Waals surface area contributed by atoms with Crippen LogP contribution in [0.2, 0.25) is 0 Å². The summed E-state index contributed by atoms with van der Waals surface area (Å²) < 4.78 is 10.1. The van der Waals surface area contributed by atoms with E-state index in [1.54, 1.807) is 0 Å². The molecule has 0 radical (unpaired) electrons. The number of rotatable bonds is 5. The number of nitrogens with zero attached hydrogens (tertiary/aromatic N) is 4. The average molecular weight is 236 g/mol. The highest BCUT2D eigenvalue weighted by Crippen LogP contribution is 2.07. The molecule has 0 aliphatic heterocycles. The van der Waals surface area contributed by atoms with Crippen LogP contribution in [0.1, 0.15) is 30.1 Å². The van der Waals surface area contributed by atoms with Crippen LogP contribution in [0.3, 0.4) is 0 Å². The molecule has 17 heavy (non-hydrogen) atoms. The number of hydrogen-bond acceptors (Lipinski definition) is 6. The van der Waals surface area contributed by atoms with Crippen LogP contribution in [-0.4, -0.2) is 27.2 Å². The largest absolute Gasteiger partial charge is 0.361 e. The SMILES string of the molecule is CCc1nc(CN(C)Cc2cc(C)on2)no1. The summed E-state index contributed by atoms with van der Waals surface area (Å²) in [7, 11) is 1.98. The molecule has 0 aliphatic carbocycles. The van der Waals surface area contributed by atoms with E-state index in [-0.39, 0.29) is 0 Å². The van der Waals surface area contributed by atoms with Gasteiger partial charge in [-0.3, -0.25) is 4.90 Å². The van der Waals surface area contributed by atoms with Crippen LogP contribution in [0.4, 0.5) is 0 Å². The van der Waals surface area contributed by atoms with Crippen molar-refractivity contribution >= 4 is 0 Å². The topological polar surface area (TPSA) is 68.2 Å². The van der Waals surface area contributed by atoms with Crippen LogP contribution >= 0.6 is 0 Å². The maximum Gasteiger partial charge on any atom is 0.226 e. The summed E-state index contributed by atoms with van der Waals surface area (Å²) in [5.41, 5.74) is 0.907. The number of aryl methyl sites for hydroxylation is 2. The molecule has 0 spiro atoms. The first-order chi connectivity index (χ1) is 8.17. The predicted molar refractivity (Wildman–Crippen MR) is 60.1 cm³/mol. The second-order valence-electron chi connectivity index (χ2n) is 4.06. The molecular weight excluding hydrogens is 220 g/mol. The van der Waals surface area contributed by atoms with E-state index in [2.05, 4.69) is 20.2 Å². The maximum absolute atomic E-state index is 5.05. The Morgan fingerprint density at radius 3 is 2.65 bits per heavy atom. The number of aromatic nitrogens is 3. The lowest BCUT2D eigenvalue weighted by molar-refractivity contribution is 0.287. The van der Waals surface area contributed by atoms with E-state index in [1.165, 1.54) is 0 Å². The second kappa shape index (κ2) is 5.09. The minimum Gasteiger partial charge on any atom is -0.361 e. The third-order valence-electron chi connectivity index (χ3n) is 2.33. The Balaban J connectivity index is 1.90. The van der Waals surface area contributed by atoms with E-state index >= 15 is 0 Å². The Hall–Kier alpha value is -1.69. The fourth-order valence-electron chi connectivity index (χ4n) is 1.56. The number of hydrogen-bond donors (Lipinski definition) is 0. The first-order valence-corrected chi connectivity index (χ1v) is 5.59. The zero-order chi connectivity index (χ0) is 12.3. The molecule has 0 fully saturated rings. The van der Waals surface area contributed by atoms with Crippen LogP contribution in [0.15, 0.2) is 15.1 Å².